The predicted molar refractivity (Wildman–Crippen MR) is 115 cm³/mol. The Labute approximate surface area is 187 Å². The molecule has 1 aromatic heterocycles. The maximum atomic E-state index is 13.1. The van der Waals surface area contributed by atoms with Crippen LogP contribution in [0.1, 0.15) is 32.0 Å². The van der Waals surface area contributed by atoms with Crippen molar-refractivity contribution in [3.63, 3.8) is 0 Å². The molecule has 0 radical (unpaired) electrons. The van der Waals surface area contributed by atoms with Gasteiger partial charge >= 0.3 is 6.18 Å². The number of aryl methyl sites for hydroxylation is 1. The molecule has 3 aromatic rings. The molecule has 166 valence electrons. The van der Waals surface area contributed by atoms with Gasteiger partial charge in [0.05, 0.1) is 22.3 Å². The Balaban J connectivity index is 1.44. The molecule has 0 spiro atoms. The minimum absolute atomic E-state index is 0.182. The van der Waals surface area contributed by atoms with E-state index in [0.717, 1.165) is 23.0 Å². The third kappa shape index (κ3) is 4.41. The van der Waals surface area contributed by atoms with Gasteiger partial charge in [-0.05, 0) is 55.5 Å². The maximum Gasteiger partial charge on any atom is 0.416 e. The van der Waals surface area contributed by atoms with Crippen molar-refractivity contribution in [2.75, 3.05) is 26.2 Å². The monoisotopic (exact) mass is 461 g/mol. The summed E-state index contributed by atoms with van der Waals surface area (Å²) in [6, 6.07) is 11.2. The number of aromatic nitrogens is 1. The van der Waals surface area contributed by atoms with Gasteiger partial charge in [-0.1, -0.05) is 11.6 Å². The van der Waals surface area contributed by atoms with E-state index in [9.17, 15) is 22.8 Å². The molecule has 2 heterocycles. The van der Waals surface area contributed by atoms with Gasteiger partial charge in [-0.2, -0.15) is 13.2 Å². The molecule has 1 fully saturated rings. The highest BCUT2D eigenvalue weighted by molar-refractivity contribution is 6.31. The van der Waals surface area contributed by atoms with E-state index in [0.29, 0.717) is 29.4 Å². The highest BCUT2D eigenvalue weighted by Gasteiger charge is 2.31. The largest absolute Gasteiger partial charge is 0.416 e. The van der Waals surface area contributed by atoms with E-state index in [1.807, 2.05) is 0 Å². The van der Waals surface area contributed by atoms with Crippen molar-refractivity contribution in [2.45, 2.75) is 13.1 Å². The first-order valence-corrected chi connectivity index (χ1v) is 10.3. The van der Waals surface area contributed by atoms with Crippen molar-refractivity contribution in [1.82, 2.24) is 14.8 Å². The topological polar surface area (TPSA) is 53.5 Å². The third-order valence-electron chi connectivity index (χ3n) is 5.51. The zero-order valence-corrected chi connectivity index (χ0v) is 17.9. The Morgan fingerprint density at radius 2 is 1.50 bits per heavy atom. The summed E-state index contributed by atoms with van der Waals surface area (Å²) in [7, 11) is 0. The zero-order chi connectivity index (χ0) is 23.0. The van der Waals surface area contributed by atoms with Crippen LogP contribution in [0.5, 0.6) is 0 Å². The van der Waals surface area contributed by atoms with Crippen molar-refractivity contribution in [3.8, 4) is 0 Å². The minimum atomic E-state index is -4.45. The number of carbonyl (C=O) groups excluding carboxylic acids is 2. The molecule has 32 heavy (non-hydrogen) atoms. The summed E-state index contributed by atoms with van der Waals surface area (Å²) in [6.45, 7) is 2.98. The number of carbonyl (C=O) groups is 2. The Morgan fingerprint density at radius 3 is 2.09 bits per heavy atom. The summed E-state index contributed by atoms with van der Waals surface area (Å²) in [6.07, 6.45) is -4.45. The smallest absolute Gasteiger partial charge is 0.335 e. The Kier molecular flexibility index (Phi) is 5.81. The fourth-order valence-electron chi connectivity index (χ4n) is 3.73. The average molecular weight is 462 g/mol. The molecule has 5 nitrogen and oxygen atoms in total. The fraction of sp³-hybridized carbons (Fsp3) is 0.261. The standard InChI is InChI=1S/C23H19ClF3N3O2/c1-14-19(13-16-12-18(24)6-7-20(16)28-14)22(32)30-10-8-29(9-11-30)21(31)15-2-4-17(5-3-15)23(25,26)27/h2-7,12-13H,8-11H2,1H3. The summed E-state index contributed by atoms with van der Waals surface area (Å²) in [5, 5.41) is 1.32. The Bertz CT molecular complexity index is 1190. The van der Waals surface area contributed by atoms with E-state index in [1.165, 1.54) is 17.0 Å². The van der Waals surface area contributed by atoms with Crippen LogP contribution in [0, 0.1) is 6.92 Å². The summed E-state index contributed by atoms with van der Waals surface area (Å²) >= 11 is 6.05. The molecule has 0 bridgehead atoms. The van der Waals surface area contributed by atoms with Crippen molar-refractivity contribution in [1.29, 1.82) is 0 Å². The van der Waals surface area contributed by atoms with E-state index in [1.54, 1.807) is 36.1 Å². The number of pyridine rings is 1. The van der Waals surface area contributed by atoms with Crippen LogP contribution in [-0.2, 0) is 6.18 Å². The second-order valence-corrected chi connectivity index (χ2v) is 8.05. The lowest BCUT2D eigenvalue weighted by Gasteiger charge is -2.35. The number of hydrogen-bond donors (Lipinski definition) is 0. The summed E-state index contributed by atoms with van der Waals surface area (Å²) in [4.78, 5) is 33.4. The van der Waals surface area contributed by atoms with Crippen LogP contribution in [-0.4, -0.2) is 52.8 Å². The van der Waals surface area contributed by atoms with Crippen LogP contribution in [0.2, 0.25) is 5.02 Å². The molecule has 1 aliphatic heterocycles. The molecule has 0 aliphatic carbocycles. The molecule has 1 saturated heterocycles. The molecular formula is C23H19ClF3N3O2. The summed E-state index contributed by atoms with van der Waals surface area (Å²) in [5.74, 6) is -0.539. The van der Waals surface area contributed by atoms with Crippen molar-refractivity contribution in [2.24, 2.45) is 0 Å². The summed E-state index contributed by atoms with van der Waals surface area (Å²) in [5.41, 5.74) is 1.21. The van der Waals surface area contributed by atoms with Crippen LogP contribution < -0.4 is 0 Å². The van der Waals surface area contributed by atoms with E-state index < -0.39 is 11.7 Å². The molecule has 0 N–H and O–H groups in total. The number of hydrogen-bond acceptors (Lipinski definition) is 3. The van der Waals surface area contributed by atoms with Crippen LogP contribution in [0.4, 0.5) is 13.2 Å². The SMILES string of the molecule is Cc1nc2ccc(Cl)cc2cc1C(=O)N1CCN(C(=O)c2ccc(C(F)(F)F)cc2)CC1. The average Bonchev–Trinajstić information content (AvgIpc) is 2.77. The highest BCUT2D eigenvalue weighted by atomic mass is 35.5. The second-order valence-electron chi connectivity index (χ2n) is 7.62. The zero-order valence-electron chi connectivity index (χ0n) is 17.1. The number of rotatable bonds is 2. The third-order valence-corrected chi connectivity index (χ3v) is 5.75. The van der Waals surface area contributed by atoms with E-state index in [-0.39, 0.29) is 30.5 Å². The van der Waals surface area contributed by atoms with Crippen molar-refractivity contribution in [3.05, 3.63) is 75.9 Å². The predicted octanol–water partition coefficient (Wildman–Crippen LogP) is 4.81. The molecule has 0 unspecified atom stereocenters. The molecule has 2 aromatic carbocycles. The van der Waals surface area contributed by atoms with Gasteiger partial charge in [-0.3, -0.25) is 14.6 Å². The molecule has 0 saturated carbocycles. The first kappa shape index (κ1) is 22.1. The van der Waals surface area contributed by atoms with Crippen LogP contribution >= 0.6 is 11.6 Å². The van der Waals surface area contributed by atoms with Crippen LogP contribution in [0.3, 0.4) is 0 Å². The lowest BCUT2D eigenvalue weighted by atomic mass is 10.1. The van der Waals surface area contributed by atoms with Crippen LogP contribution in [0.25, 0.3) is 10.9 Å². The number of fused-ring (bicyclic) bond motifs is 1. The lowest BCUT2D eigenvalue weighted by Crippen LogP contribution is -2.50. The highest BCUT2D eigenvalue weighted by Crippen LogP contribution is 2.29. The first-order chi connectivity index (χ1) is 15.1. The normalized spacial score (nSPS) is 14.7. The van der Waals surface area contributed by atoms with Crippen LogP contribution in [0.15, 0.2) is 48.5 Å². The van der Waals surface area contributed by atoms with E-state index in [4.69, 9.17) is 11.6 Å². The Morgan fingerprint density at radius 1 is 0.906 bits per heavy atom. The van der Waals surface area contributed by atoms with Crippen molar-refractivity contribution >= 4 is 34.3 Å². The number of piperazine rings is 1. The van der Waals surface area contributed by atoms with Gasteiger partial charge in [0.25, 0.3) is 11.8 Å². The van der Waals surface area contributed by atoms with Gasteiger partial charge in [-0.15, -0.1) is 0 Å². The van der Waals surface area contributed by atoms with Gasteiger partial charge in [0.15, 0.2) is 0 Å². The number of amides is 2. The molecule has 2 amide bonds. The maximum absolute atomic E-state index is 13.1. The molecule has 0 atom stereocenters. The summed E-state index contributed by atoms with van der Waals surface area (Å²) < 4.78 is 38.2. The van der Waals surface area contributed by atoms with Gasteiger partial charge < -0.3 is 9.80 Å². The van der Waals surface area contributed by atoms with Gasteiger partial charge in [-0.25, -0.2) is 0 Å². The molecule has 4 rings (SSSR count). The van der Waals surface area contributed by atoms with Crippen molar-refractivity contribution < 1.29 is 22.8 Å². The number of alkyl halides is 3. The second kappa shape index (κ2) is 8.43. The number of benzene rings is 2. The first-order valence-electron chi connectivity index (χ1n) is 9.96. The molecular weight excluding hydrogens is 443 g/mol. The minimum Gasteiger partial charge on any atom is -0.335 e. The molecule has 1 aliphatic rings. The van der Waals surface area contributed by atoms with Gasteiger partial charge in [0.1, 0.15) is 0 Å². The quantitative estimate of drug-likeness (QED) is 0.550. The number of halogens is 4. The van der Waals surface area contributed by atoms with E-state index in [2.05, 4.69) is 4.98 Å². The van der Waals surface area contributed by atoms with Gasteiger partial charge in [0.2, 0.25) is 0 Å². The van der Waals surface area contributed by atoms with E-state index >= 15 is 0 Å². The lowest BCUT2D eigenvalue weighted by molar-refractivity contribution is -0.137. The Hall–Kier alpha value is -3.13. The van der Waals surface area contributed by atoms with Gasteiger partial charge in [0, 0.05) is 42.2 Å². The molecule has 9 heteroatoms. The number of nitrogens with zero attached hydrogens (tertiary/aromatic N) is 3. The fourth-order valence-corrected chi connectivity index (χ4v) is 3.91.